The van der Waals surface area contributed by atoms with E-state index in [2.05, 4.69) is 192 Å². The molecule has 6 aromatic rings. The minimum atomic E-state index is 0.864. The summed E-state index contributed by atoms with van der Waals surface area (Å²) in [6.45, 7) is 18.4. The van der Waals surface area contributed by atoms with Gasteiger partial charge in [0.15, 0.2) is 0 Å². The van der Waals surface area contributed by atoms with Crippen LogP contribution in [0.5, 0.6) is 0 Å². The van der Waals surface area contributed by atoms with Crippen molar-refractivity contribution < 1.29 is 0 Å². The van der Waals surface area contributed by atoms with Gasteiger partial charge in [0.2, 0.25) is 0 Å². The molecule has 0 unspecified atom stereocenters. The van der Waals surface area contributed by atoms with Crippen LogP contribution in [0.3, 0.4) is 0 Å². The minimum absolute atomic E-state index is 0.864. The number of benzene rings is 3. The zero-order chi connectivity index (χ0) is 45.2. The first-order valence-electron chi connectivity index (χ1n) is 22.7. The van der Waals surface area contributed by atoms with Crippen molar-refractivity contribution in [2.45, 2.75) is 136 Å². The van der Waals surface area contributed by atoms with Crippen molar-refractivity contribution in [2.75, 3.05) is 0 Å². The zero-order valence-corrected chi connectivity index (χ0v) is 45.1. The second-order valence-electron chi connectivity index (χ2n) is 15.9. The Morgan fingerprint density at radius 2 is 0.719 bits per heavy atom. The molecule has 2 aliphatic rings. The number of aromatic nitrogens is 4. The fourth-order valence-corrected chi connectivity index (χ4v) is 13.4. The Hall–Kier alpha value is -3.25. The summed E-state index contributed by atoms with van der Waals surface area (Å²) < 4.78 is 3.20. The molecule has 10 heteroatoms. The second-order valence-corrected chi connectivity index (χ2v) is 21.9. The third-order valence-electron chi connectivity index (χ3n) is 12.4. The predicted molar refractivity (Wildman–Crippen MR) is 288 cm³/mol. The van der Waals surface area contributed by atoms with Crippen molar-refractivity contribution in [3.8, 4) is 0 Å². The molecule has 0 fully saturated rings. The van der Waals surface area contributed by atoms with Crippen LogP contribution in [0.2, 0.25) is 0 Å². The Balaban J connectivity index is 1.66. The van der Waals surface area contributed by atoms with E-state index < -0.39 is 0 Å². The molecule has 0 aliphatic carbocycles. The lowest BCUT2D eigenvalue weighted by Gasteiger charge is -2.11. The Kier molecular flexibility index (Phi) is 15.3. The SMILES string of the molecule is CCC1=C(CC)c2nc1cc1[nH]c(c(CC)c1CC)c(Sc1ccc(Br)cc1)c1nc(c(Sc3ccc(Br)cc3)c3[nH]c(c(CC)c3CC)c2Sc2ccc(Br)cc2)C(CC)=C1CC. The molecule has 0 saturated heterocycles. The first-order chi connectivity index (χ1) is 31.1. The van der Waals surface area contributed by atoms with Gasteiger partial charge in [0.1, 0.15) is 0 Å². The van der Waals surface area contributed by atoms with Gasteiger partial charge in [-0.15, -0.1) is 0 Å². The average molecular weight is 1100 g/mol. The van der Waals surface area contributed by atoms with Crippen LogP contribution in [-0.2, 0) is 25.7 Å². The summed E-state index contributed by atoms with van der Waals surface area (Å²) in [6.07, 6.45) is 7.06. The molecule has 3 aromatic heterocycles. The van der Waals surface area contributed by atoms with E-state index in [1.807, 2.05) is 35.3 Å². The third kappa shape index (κ3) is 9.10. The van der Waals surface area contributed by atoms with E-state index in [0.29, 0.717) is 0 Å². The molecule has 0 saturated carbocycles. The number of H-pyrrole nitrogens is 2. The van der Waals surface area contributed by atoms with Crippen LogP contribution in [0, 0.1) is 0 Å². The maximum Gasteiger partial charge on any atom is 0.0833 e. The van der Waals surface area contributed by atoms with E-state index in [0.717, 1.165) is 115 Å². The fourth-order valence-electron chi connectivity index (χ4n) is 9.41. The lowest BCUT2D eigenvalue weighted by atomic mass is 9.98. The summed E-state index contributed by atoms with van der Waals surface area (Å²) in [6, 6.07) is 28.5. The molecule has 3 aromatic carbocycles. The monoisotopic (exact) mass is 1090 g/mol. The summed E-state index contributed by atoms with van der Waals surface area (Å²) in [4.78, 5) is 27.1. The number of hydrogen-bond acceptors (Lipinski definition) is 5. The molecular formula is C54H55Br3N4S3. The molecule has 0 radical (unpaired) electrons. The first-order valence-corrected chi connectivity index (χ1v) is 27.5. The fraction of sp³-hybridized carbons (Fsp3) is 0.296. The lowest BCUT2D eigenvalue weighted by Crippen LogP contribution is -1.92. The zero-order valence-electron chi connectivity index (χ0n) is 37.9. The van der Waals surface area contributed by atoms with Crippen LogP contribution in [-0.4, -0.2) is 19.9 Å². The molecule has 2 aliphatic heterocycles. The number of nitrogens with zero attached hydrogens (tertiary/aromatic N) is 2. The molecule has 0 atom stereocenters. The standard InChI is InChI=1S/C54H55Br3N4S3/c1-9-36-38(11-3)46-52(62-33-23-17-30(55)18-24-33)48-40(13-5)42(15-7)50(60-48)54(64-35-27-21-32(57)22-28-35)51-43(16-8)41(14-6)49(61-51)53(63-34-25-19-31(56)20-26-34)47-39(12-4)37(10-2)45(59-47)29-44(36)58-46/h17-29,58,61H,9-16H2,1-8H3. The summed E-state index contributed by atoms with van der Waals surface area (Å²) in [7, 11) is 0. The molecular weight excluding hydrogens is 1040 g/mol. The summed E-state index contributed by atoms with van der Waals surface area (Å²) in [5.41, 5.74) is 19.6. The van der Waals surface area contributed by atoms with Gasteiger partial charge in [-0.25, -0.2) is 9.97 Å². The number of halogens is 3. The van der Waals surface area contributed by atoms with E-state index in [9.17, 15) is 0 Å². The van der Waals surface area contributed by atoms with Gasteiger partial charge in [0, 0.05) is 33.6 Å². The van der Waals surface area contributed by atoms with Gasteiger partial charge in [0.25, 0.3) is 0 Å². The number of aryl methyl sites for hydroxylation is 4. The summed E-state index contributed by atoms with van der Waals surface area (Å²) in [5, 5.41) is 0. The van der Waals surface area contributed by atoms with Crippen LogP contribution in [0.15, 0.2) is 122 Å². The van der Waals surface area contributed by atoms with Gasteiger partial charge >= 0.3 is 0 Å². The molecule has 8 bridgehead atoms. The molecule has 5 heterocycles. The van der Waals surface area contributed by atoms with Crippen molar-refractivity contribution in [1.29, 1.82) is 0 Å². The van der Waals surface area contributed by atoms with E-state index >= 15 is 0 Å². The highest BCUT2D eigenvalue weighted by molar-refractivity contribution is 9.11. The van der Waals surface area contributed by atoms with Crippen LogP contribution >= 0.6 is 83.1 Å². The molecule has 0 amide bonds. The first kappa shape index (κ1) is 47.3. The minimum Gasteiger partial charge on any atom is -0.354 e. The van der Waals surface area contributed by atoms with Crippen molar-refractivity contribution in [1.82, 2.24) is 19.9 Å². The smallest absolute Gasteiger partial charge is 0.0833 e. The van der Waals surface area contributed by atoms with Crippen LogP contribution in [0.1, 0.15) is 126 Å². The molecule has 0 spiro atoms. The predicted octanol–water partition coefficient (Wildman–Crippen LogP) is 18.8. The number of allylic oxidation sites excluding steroid dienone is 4. The van der Waals surface area contributed by atoms with Crippen molar-refractivity contribution in [3.63, 3.8) is 0 Å². The molecule has 64 heavy (non-hydrogen) atoms. The number of nitrogens with one attached hydrogen (secondary N) is 2. The number of aromatic amines is 2. The van der Waals surface area contributed by atoms with Crippen LogP contribution in [0.25, 0.3) is 44.4 Å². The van der Waals surface area contributed by atoms with Gasteiger partial charge in [-0.2, -0.15) is 0 Å². The maximum absolute atomic E-state index is 5.95. The highest BCUT2D eigenvalue weighted by Gasteiger charge is 2.30. The molecule has 4 nitrogen and oxygen atoms in total. The molecule has 8 rings (SSSR count). The maximum atomic E-state index is 5.95. The highest BCUT2D eigenvalue weighted by atomic mass is 79.9. The van der Waals surface area contributed by atoms with E-state index in [-0.39, 0.29) is 0 Å². The normalized spacial score (nSPS) is 12.9. The van der Waals surface area contributed by atoms with Crippen molar-refractivity contribution in [2.24, 2.45) is 0 Å². The Bertz CT molecular complexity index is 2920. The summed E-state index contributed by atoms with van der Waals surface area (Å²) >= 11 is 16.6. The lowest BCUT2D eigenvalue weighted by molar-refractivity contribution is 1.06. The topological polar surface area (TPSA) is 57.4 Å². The third-order valence-corrected chi connectivity index (χ3v) is 17.3. The van der Waals surface area contributed by atoms with Gasteiger partial charge in [-0.1, -0.05) is 138 Å². The van der Waals surface area contributed by atoms with Crippen molar-refractivity contribution >= 4 is 127 Å². The van der Waals surface area contributed by atoms with E-state index in [4.69, 9.17) is 9.97 Å². The molecule has 2 N–H and O–H groups in total. The second kappa shape index (κ2) is 20.7. The highest BCUT2D eigenvalue weighted by Crippen LogP contribution is 2.50. The Morgan fingerprint density at radius 1 is 0.391 bits per heavy atom. The quantitative estimate of drug-likeness (QED) is 0.114. The average Bonchev–Trinajstić information content (AvgIpc) is 4.07. The van der Waals surface area contributed by atoms with E-state index in [1.165, 1.54) is 69.0 Å². The van der Waals surface area contributed by atoms with Crippen LogP contribution < -0.4 is 0 Å². The number of hydrogen-bond donors (Lipinski definition) is 2. The Morgan fingerprint density at radius 3 is 1.08 bits per heavy atom. The van der Waals surface area contributed by atoms with E-state index in [1.54, 1.807) is 0 Å². The van der Waals surface area contributed by atoms with Gasteiger partial charge in [0.05, 0.1) is 54.0 Å². The van der Waals surface area contributed by atoms with Crippen LogP contribution in [0.4, 0.5) is 0 Å². The van der Waals surface area contributed by atoms with Crippen molar-refractivity contribution in [3.05, 3.63) is 137 Å². The largest absolute Gasteiger partial charge is 0.354 e. The Labute approximate surface area is 417 Å². The summed E-state index contributed by atoms with van der Waals surface area (Å²) in [5.74, 6) is 0. The van der Waals surface area contributed by atoms with Gasteiger partial charge < -0.3 is 9.97 Å². The van der Waals surface area contributed by atoms with Gasteiger partial charge in [-0.05, 0) is 175 Å². The number of fused-ring (bicyclic) bond motifs is 8. The molecule has 330 valence electrons. The van der Waals surface area contributed by atoms with Gasteiger partial charge in [-0.3, -0.25) is 0 Å². The number of rotatable bonds is 14.